The number of carbonyl (C=O) groups is 2. The summed E-state index contributed by atoms with van der Waals surface area (Å²) in [5.41, 5.74) is 0.164. The lowest BCUT2D eigenvalue weighted by atomic mass is 9.85. The molecule has 5 fully saturated rings. The van der Waals surface area contributed by atoms with Gasteiger partial charge in [-0.25, -0.2) is 22.9 Å². The molecule has 1 aliphatic carbocycles. The number of para-hydroxylation sites is 1. The molecule has 0 radical (unpaired) electrons. The molecule has 2 unspecified atom stereocenters. The van der Waals surface area contributed by atoms with Gasteiger partial charge in [-0.2, -0.15) is 31.3 Å². The van der Waals surface area contributed by atoms with Crippen molar-refractivity contribution in [3.63, 3.8) is 0 Å². The highest BCUT2D eigenvalue weighted by Gasteiger charge is 2.49. The van der Waals surface area contributed by atoms with Gasteiger partial charge >= 0.3 is 18.0 Å². The molecule has 4 aromatic rings. The molecule has 1 saturated carbocycles. The van der Waals surface area contributed by atoms with Gasteiger partial charge in [-0.3, -0.25) is 33.8 Å². The van der Waals surface area contributed by atoms with Crippen molar-refractivity contribution in [3.05, 3.63) is 64.2 Å². The first-order valence-corrected chi connectivity index (χ1v) is 25.1. The molecule has 4 aliphatic heterocycles. The second kappa shape index (κ2) is 18.7. The zero-order valence-corrected chi connectivity index (χ0v) is 39.8. The first kappa shape index (κ1) is 49.7. The zero-order valence-electron chi connectivity index (χ0n) is 39.0. The molecule has 4 saturated heterocycles. The Kier molecular flexibility index (Phi) is 13.3. The molecule has 9 rings (SSSR count). The van der Waals surface area contributed by atoms with Crippen molar-refractivity contribution in [1.82, 2.24) is 38.9 Å². The number of piperidine rings is 3. The summed E-state index contributed by atoms with van der Waals surface area (Å²) in [6.45, 7) is 5.12. The number of hydrogen-bond donors (Lipinski definition) is 4. The summed E-state index contributed by atoms with van der Waals surface area (Å²) < 4.78 is 119. The number of alkyl halides is 6. The highest BCUT2D eigenvalue weighted by molar-refractivity contribution is 7.89. The van der Waals surface area contributed by atoms with Crippen LogP contribution in [0, 0.1) is 12.8 Å². The van der Waals surface area contributed by atoms with E-state index >= 15 is 0 Å². The molecule has 6 heterocycles. The molecule has 17 nitrogen and oxygen atoms in total. The fourth-order valence-corrected chi connectivity index (χ4v) is 12.2. The number of aliphatic hydroxyl groups is 1. The van der Waals surface area contributed by atoms with Gasteiger partial charge in [0.2, 0.25) is 27.8 Å². The third-order valence-corrected chi connectivity index (χ3v) is 16.2. The van der Waals surface area contributed by atoms with E-state index in [1.807, 2.05) is 12.1 Å². The van der Waals surface area contributed by atoms with Crippen LogP contribution in [0.4, 0.5) is 49.5 Å². The Morgan fingerprint density at radius 3 is 2.37 bits per heavy atom. The summed E-state index contributed by atoms with van der Waals surface area (Å²) in [4.78, 5) is 52.8. The van der Waals surface area contributed by atoms with Crippen molar-refractivity contribution < 1.29 is 49.5 Å². The smallest absolute Gasteiger partial charge is 0.388 e. The third-order valence-electron chi connectivity index (χ3n) is 14.7. The number of nitrogens with one attached hydrogen (secondary N) is 3. The van der Waals surface area contributed by atoms with Crippen molar-refractivity contribution in [3.8, 4) is 0 Å². The Morgan fingerprint density at radius 1 is 0.957 bits per heavy atom. The number of benzene rings is 2. The molecular formula is C46H57F6N11O6S. The molecule has 70 heavy (non-hydrogen) atoms. The van der Waals surface area contributed by atoms with Gasteiger partial charge in [-0.15, -0.1) is 0 Å². The summed E-state index contributed by atoms with van der Waals surface area (Å²) in [6, 6.07) is 6.41. The predicted molar refractivity (Wildman–Crippen MR) is 247 cm³/mol. The lowest BCUT2D eigenvalue weighted by molar-refractivity contribution is -0.202. The van der Waals surface area contributed by atoms with Gasteiger partial charge in [0.05, 0.1) is 27.2 Å². The second-order valence-electron chi connectivity index (χ2n) is 19.8. The van der Waals surface area contributed by atoms with E-state index < -0.39 is 57.6 Å². The number of imidazole rings is 1. The second-order valence-corrected chi connectivity index (χ2v) is 21.5. The fourth-order valence-electron chi connectivity index (χ4n) is 10.9. The number of aromatic nitrogens is 4. The molecule has 2 aromatic carbocycles. The first-order valence-electron chi connectivity index (χ1n) is 23.6. The van der Waals surface area contributed by atoms with E-state index in [2.05, 4.69) is 30.2 Å². The van der Waals surface area contributed by atoms with E-state index in [0.29, 0.717) is 86.6 Å². The number of nitrogens with zero attached hydrogens (tertiary/aromatic N) is 8. The monoisotopic (exact) mass is 1010 g/mol. The molecule has 4 N–H and O–H groups in total. The summed E-state index contributed by atoms with van der Waals surface area (Å²) in [5.74, 6) is -1.44. The zero-order chi connectivity index (χ0) is 50.1. The van der Waals surface area contributed by atoms with Crippen molar-refractivity contribution in [2.75, 3.05) is 67.5 Å². The van der Waals surface area contributed by atoms with Crippen molar-refractivity contribution in [2.45, 2.75) is 112 Å². The van der Waals surface area contributed by atoms with Gasteiger partial charge in [-0.1, -0.05) is 6.07 Å². The summed E-state index contributed by atoms with van der Waals surface area (Å²) >= 11 is 0. The largest absolute Gasteiger partial charge is 0.421 e. The van der Waals surface area contributed by atoms with Crippen LogP contribution in [0.3, 0.4) is 0 Å². The van der Waals surface area contributed by atoms with Crippen molar-refractivity contribution in [2.24, 2.45) is 13.0 Å². The van der Waals surface area contributed by atoms with Crippen LogP contribution in [-0.4, -0.2) is 137 Å². The van der Waals surface area contributed by atoms with Crippen LogP contribution in [0.25, 0.3) is 11.0 Å². The number of β-amino-alcohol motifs (C(OH)–C–C–N with tert-alkyl or cyclic N) is 1. The maximum atomic E-state index is 14.7. The highest BCUT2D eigenvalue weighted by Crippen LogP contribution is 2.40. The molecule has 0 bridgehead atoms. The number of carbonyl (C=O) groups excluding carboxylic acids is 2. The molecule has 2 aromatic heterocycles. The Bertz CT molecular complexity index is 2820. The standard InChI is InChI=1S/C46H57F6N11O6S/c1-27-20-31(8-9-33(27)54-42-53-23-32(45(47,48)49)40(56-42)62-15-5-14-44(2,67)26-62)70(68,69)57-29-21-30(22-29)60-18-19-61(37(25-60)46(50,51)52)24-28-12-16-59(17-13-28)34-6-4-7-35-39(34)58(3)43(66)63(35)36-10-11-38(64)55-41(36)65/h4,6-9,20,23,28-30,36-37,57,67H,5,10-19,21-22,24-26H2,1-3H3,(H,53,54,56)(H,55,64,65)/t29?,30?,36?,37?,44-/m0/s1. The van der Waals surface area contributed by atoms with E-state index in [1.54, 1.807) is 31.9 Å². The predicted octanol–water partition coefficient (Wildman–Crippen LogP) is 4.80. The van der Waals surface area contributed by atoms with Crippen LogP contribution in [0.15, 0.2) is 52.3 Å². The minimum Gasteiger partial charge on any atom is -0.388 e. The van der Waals surface area contributed by atoms with E-state index in [0.717, 1.165) is 5.69 Å². The van der Waals surface area contributed by atoms with Crippen LogP contribution < -0.4 is 30.8 Å². The third kappa shape index (κ3) is 10.1. The van der Waals surface area contributed by atoms with E-state index in [1.165, 1.54) is 37.1 Å². The Labute approximate surface area is 400 Å². The van der Waals surface area contributed by atoms with E-state index in [4.69, 9.17) is 0 Å². The quantitative estimate of drug-likeness (QED) is 0.119. The van der Waals surface area contributed by atoms with Crippen LogP contribution in [0.5, 0.6) is 0 Å². The lowest BCUT2D eigenvalue weighted by Crippen LogP contribution is -2.64. The van der Waals surface area contributed by atoms with Gasteiger partial charge in [0.15, 0.2) is 0 Å². The van der Waals surface area contributed by atoms with Crippen LogP contribution in [0.1, 0.15) is 75.5 Å². The van der Waals surface area contributed by atoms with Crippen LogP contribution >= 0.6 is 0 Å². The number of amides is 2. The first-order chi connectivity index (χ1) is 33.0. The number of sulfonamides is 1. The summed E-state index contributed by atoms with van der Waals surface area (Å²) in [5, 5.41) is 15.8. The number of imide groups is 1. The van der Waals surface area contributed by atoms with Crippen LogP contribution in [-0.2, 0) is 32.8 Å². The normalized spacial score (nSPS) is 25.9. The van der Waals surface area contributed by atoms with E-state index in [9.17, 15) is 54.3 Å². The van der Waals surface area contributed by atoms with Gasteiger partial charge in [0, 0.05) is 89.8 Å². The summed E-state index contributed by atoms with van der Waals surface area (Å²) in [7, 11) is -2.42. The number of halogens is 6. The minimum atomic E-state index is -4.75. The molecule has 380 valence electrons. The number of rotatable bonds is 11. The number of hydrogen-bond acceptors (Lipinski definition) is 13. The average molecular weight is 1010 g/mol. The van der Waals surface area contributed by atoms with Crippen molar-refractivity contribution in [1.29, 1.82) is 0 Å². The number of aryl methyl sites for hydroxylation is 2. The Hall–Kier alpha value is -5.30. The average Bonchev–Trinajstić information content (AvgIpc) is 3.53. The molecule has 24 heteroatoms. The van der Waals surface area contributed by atoms with Gasteiger partial charge in [0.1, 0.15) is 23.5 Å². The van der Waals surface area contributed by atoms with Gasteiger partial charge in [0.25, 0.3) is 0 Å². The maximum Gasteiger partial charge on any atom is 0.421 e. The minimum absolute atomic E-state index is 0.00479. The van der Waals surface area contributed by atoms with E-state index in [-0.39, 0.29) is 85.8 Å². The van der Waals surface area contributed by atoms with Crippen LogP contribution in [0.2, 0.25) is 0 Å². The SMILES string of the molecule is Cc1cc(S(=O)(=O)NC2CC(N3CCN(CC4CCN(c5cccc6c5n(C)c(=O)n6C5CCC(=O)NC5=O)CC4)C(C(F)(F)F)C3)C2)ccc1Nc1ncc(C(F)(F)F)c(N2CCC[C@](C)(O)C2)n1. The molecular weight excluding hydrogens is 949 g/mol. The number of piperazine rings is 1. The van der Waals surface area contributed by atoms with Gasteiger partial charge in [-0.05, 0) is 101 Å². The Balaban J connectivity index is 0.783. The molecule has 0 spiro atoms. The fraction of sp³-hybridized carbons (Fsp3) is 0.587. The summed E-state index contributed by atoms with van der Waals surface area (Å²) in [6.07, 6.45) is -5.42. The highest BCUT2D eigenvalue weighted by atomic mass is 32.2. The molecule has 5 aliphatic rings. The Morgan fingerprint density at radius 2 is 1.70 bits per heavy atom. The topological polar surface area (TPSA) is 190 Å². The number of anilines is 4. The van der Waals surface area contributed by atoms with Gasteiger partial charge < -0.3 is 20.2 Å². The molecule has 3 atom stereocenters. The lowest BCUT2D eigenvalue weighted by Gasteiger charge is -2.50. The maximum absolute atomic E-state index is 14.7. The number of fused-ring (bicyclic) bond motifs is 1. The molecule has 2 amide bonds. The van der Waals surface area contributed by atoms with Crippen molar-refractivity contribution >= 4 is 56.0 Å².